The summed E-state index contributed by atoms with van der Waals surface area (Å²) in [5, 5.41) is 0. The van der Waals surface area contributed by atoms with Crippen LogP contribution in [-0.4, -0.2) is 30.7 Å². The molecule has 0 aliphatic rings. The van der Waals surface area contributed by atoms with Gasteiger partial charge < -0.3 is 4.90 Å². The second-order valence-corrected chi connectivity index (χ2v) is 7.77. The van der Waals surface area contributed by atoms with Gasteiger partial charge in [0.1, 0.15) is 0 Å². The molecule has 0 heterocycles. The highest BCUT2D eigenvalue weighted by Crippen LogP contribution is 2.29. The molecule has 0 aliphatic carbocycles. The van der Waals surface area contributed by atoms with Gasteiger partial charge in [0.25, 0.3) is 0 Å². The maximum atomic E-state index is 2.94. The molecule has 0 bridgehead atoms. The van der Waals surface area contributed by atoms with Crippen LogP contribution in [0.4, 0.5) is 0 Å². The van der Waals surface area contributed by atoms with Crippen molar-refractivity contribution in [2.45, 2.75) is 53.2 Å². The Hall–Kier alpha value is 0.130. The van der Waals surface area contributed by atoms with Crippen molar-refractivity contribution in [3.8, 4) is 0 Å². The Labute approximate surface area is 105 Å². The van der Waals surface area contributed by atoms with Crippen molar-refractivity contribution < 1.29 is 0 Å². The van der Waals surface area contributed by atoms with Crippen molar-refractivity contribution in [3.63, 3.8) is 0 Å². The molecule has 0 saturated heterocycles. The molecule has 0 aliphatic heterocycles. The van der Waals surface area contributed by atoms with Crippen molar-refractivity contribution in [2.24, 2.45) is 10.8 Å². The molecule has 0 N–H and O–H groups in total. The third-order valence-electron chi connectivity index (χ3n) is 2.94. The van der Waals surface area contributed by atoms with Gasteiger partial charge in [0.2, 0.25) is 0 Å². The Morgan fingerprint density at radius 2 is 1.31 bits per heavy atom. The van der Waals surface area contributed by atoms with Crippen LogP contribution in [0.15, 0.2) is 12.2 Å². The maximum Gasteiger partial charge on any atom is 0.0320 e. The summed E-state index contributed by atoms with van der Waals surface area (Å²) in [6, 6.07) is 0.484. The molecule has 3 unspecified atom stereocenters. The normalized spacial score (nSPS) is 18.1. The lowest BCUT2D eigenvalue weighted by Gasteiger charge is -2.34. The van der Waals surface area contributed by atoms with Crippen LogP contribution in [0.1, 0.15) is 41.5 Å². The van der Waals surface area contributed by atoms with Crippen LogP contribution in [0.25, 0.3) is 0 Å². The number of hydrogen-bond donors (Lipinski definition) is 0. The molecule has 96 valence electrons. The summed E-state index contributed by atoms with van der Waals surface area (Å²) in [4.78, 5) is 2.29. The fourth-order valence-corrected chi connectivity index (χ4v) is 1.88. The minimum Gasteiger partial charge on any atom is -0.302 e. The Kier molecular flexibility index (Phi) is 5.69. The van der Waals surface area contributed by atoms with Gasteiger partial charge in [0.05, 0.1) is 0 Å². The van der Waals surface area contributed by atoms with E-state index in [-0.39, 0.29) is 5.41 Å². The SMILES string of the molecule is CN(C)C(C=CC(P)C(C)(C)C)C(C)(C)C. The van der Waals surface area contributed by atoms with E-state index in [1.807, 2.05) is 0 Å². The molecule has 0 radical (unpaired) electrons. The van der Waals surface area contributed by atoms with Gasteiger partial charge in [-0.25, -0.2) is 0 Å². The molecule has 0 saturated carbocycles. The van der Waals surface area contributed by atoms with Gasteiger partial charge >= 0.3 is 0 Å². The van der Waals surface area contributed by atoms with Gasteiger partial charge in [-0.1, -0.05) is 53.7 Å². The van der Waals surface area contributed by atoms with Crippen molar-refractivity contribution in [1.29, 1.82) is 0 Å². The van der Waals surface area contributed by atoms with E-state index in [0.29, 0.717) is 17.1 Å². The number of likely N-dealkylation sites (N-methyl/N-ethyl adjacent to an activating group) is 1. The smallest absolute Gasteiger partial charge is 0.0320 e. The largest absolute Gasteiger partial charge is 0.302 e. The van der Waals surface area contributed by atoms with Crippen LogP contribution in [0.3, 0.4) is 0 Å². The summed E-state index contributed by atoms with van der Waals surface area (Å²) >= 11 is 0. The lowest BCUT2D eigenvalue weighted by molar-refractivity contribution is 0.194. The lowest BCUT2D eigenvalue weighted by Crippen LogP contribution is -2.38. The molecular weight excluding hydrogens is 213 g/mol. The second-order valence-electron chi connectivity index (χ2n) is 7.05. The highest BCUT2D eigenvalue weighted by Gasteiger charge is 2.25. The van der Waals surface area contributed by atoms with E-state index in [2.05, 4.69) is 81.9 Å². The van der Waals surface area contributed by atoms with E-state index in [1.165, 1.54) is 0 Å². The summed E-state index contributed by atoms with van der Waals surface area (Å²) in [7, 11) is 7.23. The Bertz CT molecular complexity index is 230. The van der Waals surface area contributed by atoms with Gasteiger partial charge in [-0.15, -0.1) is 9.24 Å². The van der Waals surface area contributed by atoms with Gasteiger partial charge in [0.15, 0.2) is 0 Å². The van der Waals surface area contributed by atoms with E-state index in [1.54, 1.807) is 0 Å². The molecule has 0 aromatic rings. The molecule has 16 heavy (non-hydrogen) atoms. The average molecular weight is 243 g/mol. The van der Waals surface area contributed by atoms with Crippen LogP contribution < -0.4 is 0 Å². The number of nitrogens with zero attached hydrogens (tertiary/aromatic N) is 1. The van der Waals surface area contributed by atoms with Crippen LogP contribution in [0.2, 0.25) is 0 Å². The molecule has 0 aromatic heterocycles. The highest BCUT2D eigenvalue weighted by atomic mass is 31.0. The summed E-state index contributed by atoms with van der Waals surface area (Å²) in [5.74, 6) is 0. The maximum absolute atomic E-state index is 2.94. The molecule has 3 atom stereocenters. The minimum absolute atomic E-state index is 0.280. The standard InChI is InChI=1S/C14H30NP/c1-13(2,3)11(15(7)8)9-10-12(16)14(4,5)6/h9-12H,16H2,1-8H3. The molecule has 0 amide bonds. The first kappa shape index (κ1) is 16.1. The van der Waals surface area contributed by atoms with Crippen molar-refractivity contribution in [3.05, 3.63) is 12.2 Å². The fraction of sp³-hybridized carbons (Fsp3) is 0.857. The zero-order chi connectivity index (χ0) is 13.1. The Balaban J connectivity index is 4.72. The molecule has 0 rings (SSSR count). The summed E-state index contributed by atoms with van der Waals surface area (Å²) < 4.78 is 0. The zero-order valence-electron chi connectivity index (χ0n) is 12.3. The molecule has 0 aromatic carbocycles. The van der Waals surface area contributed by atoms with Crippen LogP contribution in [-0.2, 0) is 0 Å². The predicted octanol–water partition coefficient (Wildman–Crippen LogP) is 3.81. The monoisotopic (exact) mass is 243 g/mol. The number of rotatable bonds is 3. The van der Waals surface area contributed by atoms with E-state index < -0.39 is 0 Å². The predicted molar refractivity (Wildman–Crippen MR) is 79.0 cm³/mol. The lowest BCUT2D eigenvalue weighted by atomic mass is 9.84. The van der Waals surface area contributed by atoms with E-state index in [9.17, 15) is 0 Å². The second kappa shape index (κ2) is 5.65. The molecule has 2 heteroatoms. The molecule has 1 nitrogen and oxygen atoms in total. The summed E-state index contributed by atoms with van der Waals surface area (Å²) in [6.45, 7) is 13.7. The topological polar surface area (TPSA) is 3.24 Å². The van der Waals surface area contributed by atoms with Crippen molar-refractivity contribution in [1.82, 2.24) is 4.90 Å². The third-order valence-corrected chi connectivity index (χ3v) is 4.17. The first-order valence-electron chi connectivity index (χ1n) is 6.06. The van der Waals surface area contributed by atoms with Crippen molar-refractivity contribution in [2.75, 3.05) is 14.1 Å². The van der Waals surface area contributed by atoms with E-state index in [4.69, 9.17) is 0 Å². The third kappa shape index (κ3) is 5.46. The fourth-order valence-electron chi connectivity index (χ4n) is 1.75. The summed E-state index contributed by atoms with van der Waals surface area (Å²) in [5.41, 5.74) is 1.12. The van der Waals surface area contributed by atoms with Crippen LogP contribution in [0, 0.1) is 10.8 Å². The summed E-state index contributed by atoms with van der Waals surface area (Å²) in [6.07, 6.45) is 4.68. The van der Waals surface area contributed by atoms with E-state index in [0.717, 1.165) is 0 Å². The van der Waals surface area contributed by atoms with Crippen LogP contribution >= 0.6 is 9.24 Å². The van der Waals surface area contributed by atoms with Gasteiger partial charge in [-0.05, 0) is 30.6 Å². The van der Waals surface area contributed by atoms with E-state index >= 15 is 0 Å². The molecule has 0 fully saturated rings. The average Bonchev–Trinajstić information content (AvgIpc) is 1.98. The van der Waals surface area contributed by atoms with Gasteiger partial charge in [-0.2, -0.15) is 0 Å². The number of hydrogen-bond acceptors (Lipinski definition) is 1. The Morgan fingerprint density at radius 3 is 1.56 bits per heavy atom. The van der Waals surface area contributed by atoms with Crippen LogP contribution in [0.5, 0.6) is 0 Å². The first-order valence-corrected chi connectivity index (χ1v) is 6.73. The van der Waals surface area contributed by atoms with Gasteiger partial charge in [-0.3, -0.25) is 0 Å². The van der Waals surface area contributed by atoms with Gasteiger partial charge in [0, 0.05) is 6.04 Å². The molecule has 0 spiro atoms. The highest BCUT2D eigenvalue weighted by molar-refractivity contribution is 7.18. The number of allylic oxidation sites excluding steroid dienone is 1. The minimum atomic E-state index is 0.280. The quantitative estimate of drug-likeness (QED) is 0.538. The van der Waals surface area contributed by atoms with Crippen molar-refractivity contribution >= 4 is 9.24 Å². The molecular formula is C14H30NP. The zero-order valence-corrected chi connectivity index (χ0v) is 13.5. The first-order chi connectivity index (χ1) is 6.96. The Morgan fingerprint density at radius 1 is 0.875 bits per heavy atom.